The van der Waals surface area contributed by atoms with Crippen LogP contribution in [-0.4, -0.2) is 133 Å². The molecule has 5 aliphatic heterocycles. The Hall–Kier alpha value is -5.48. The van der Waals surface area contributed by atoms with E-state index in [1.165, 1.54) is 21.1 Å². The summed E-state index contributed by atoms with van der Waals surface area (Å²) in [6.45, 7) is 9.11. The second-order valence-electron chi connectivity index (χ2n) is 20.2. The first-order valence-corrected chi connectivity index (χ1v) is 24.5. The van der Waals surface area contributed by atoms with Crippen molar-refractivity contribution in [2.45, 2.75) is 99.5 Å². The summed E-state index contributed by atoms with van der Waals surface area (Å²) in [6, 6.07) is 21.0. The maximum Gasteiger partial charge on any atom is 0.344 e. The molecule has 10 rings (SSSR count). The van der Waals surface area contributed by atoms with Crippen molar-refractivity contribution in [3.63, 3.8) is 0 Å². The molecule has 2 saturated heterocycles. The summed E-state index contributed by atoms with van der Waals surface area (Å²) >= 11 is 6.02. The van der Waals surface area contributed by atoms with Gasteiger partial charge in [0, 0.05) is 96.6 Å². The van der Waals surface area contributed by atoms with E-state index in [2.05, 4.69) is 62.7 Å². The lowest BCUT2D eigenvalue weighted by molar-refractivity contribution is -0.228. The number of benzene rings is 3. The number of esters is 3. The number of ether oxygens (including phenoxy) is 4. The van der Waals surface area contributed by atoms with Crippen molar-refractivity contribution in [1.29, 1.82) is 0 Å². The average Bonchev–Trinajstić information content (AvgIpc) is 4.00. The zero-order chi connectivity index (χ0) is 48.0. The fraction of sp³-hybridized carbons (Fsp3) is 0.509. The van der Waals surface area contributed by atoms with E-state index < -0.39 is 57.4 Å². The molecule has 10 atom stereocenters. The van der Waals surface area contributed by atoms with Crippen LogP contribution in [0.3, 0.4) is 0 Å². The van der Waals surface area contributed by atoms with Gasteiger partial charge in [0.1, 0.15) is 11.2 Å². The molecule has 6 aliphatic rings. The molecular weight excluding hydrogens is 881 g/mol. The number of aromatic nitrogens is 1. The molecule has 14 nitrogen and oxygen atoms in total. The Morgan fingerprint density at radius 1 is 0.926 bits per heavy atom. The number of nitrogens with one attached hydrogen (secondary N) is 3. The summed E-state index contributed by atoms with van der Waals surface area (Å²) in [4.78, 5) is 54.1. The van der Waals surface area contributed by atoms with Gasteiger partial charge in [0.05, 0.1) is 32.9 Å². The van der Waals surface area contributed by atoms with E-state index in [1.807, 2.05) is 67.4 Å². The highest BCUT2D eigenvalue weighted by Crippen LogP contribution is 2.68. The van der Waals surface area contributed by atoms with E-state index in [9.17, 15) is 14.7 Å². The van der Waals surface area contributed by atoms with Gasteiger partial charge < -0.3 is 49.5 Å². The monoisotopic (exact) mass is 944 g/mol. The third-order valence-electron chi connectivity index (χ3n) is 17.0. The highest BCUT2D eigenvalue weighted by atomic mass is 32.1. The van der Waals surface area contributed by atoms with Crippen LogP contribution in [0.5, 0.6) is 5.75 Å². The lowest BCUT2D eigenvalue weighted by atomic mass is 9.47. The zero-order valence-electron chi connectivity index (χ0n) is 40.1. The summed E-state index contributed by atoms with van der Waals surface area (Å²) < 4.78 is 24.3. The van der Waals surface area contributed by atoms with Crippen molar-refractivity contribution >= 4 is 57.5 Å². The number of rotatable bonds is 9. The molecule has 1 unspecified atom stereocenters. The number of carbonyl (C=O) groups is 3. The van der Waals surface area contributed by atoms with Crippen LogP contribution in [0.1, 0.15) is 75.3 Å². The number of aliphatic hydroxyl groups is 1. The van der Waals surface area contributed by atoms with Crippen molar-refractivity contribution in [3.05, 3.63) is 101 Å². The Labute approximate surface area is 403 Å². The molecule has 360 valence electrons. The normalized spacial score (nSPS) is 33.4. The van der Waals surface area contributed by atoms with Gasteiger partial charge >= 0.3 is 17.9 Å². The van der Waals surface area contributed by atoms with Gasteiger partial charge in [-0.2, -0.15) is 0 Å². The van der Waals surface area contributed by atoms with Crippen molar-refractivity contribution in [2.24, 2.45) is 11.3 Å². The lowest BCUT2D eigenvalue weighted by Crippen LogP contribution is -2.81. The molecule has 15 heteroatoms. The minimum Gasteiger partial charge on any atom is -0.496 e. The Morgan fingerprint density at radius 2 is 1.68 bits per heavy atom. The molecule has 0 amide bonds. The smallest absolute Gasteiger partial charge is 0.344 e. The Morgan fingerprint density at radius 3 is 2.38 bits per heavy atom. The number of aromatic amines is 1. The second kappa shape index (κ2) is 16.9. The molecule has 1 spiro atoms. The first kappa shape index (κ1) is 46.3. The molecule has 6 heterocycles. The maximum atomic E-state index is 15.7. The zero-order valence-corrected chi connectivity index (χ0v) is 41.0. The molecule has 2 bridgehead atoms. The number of thiocarbonyl (C=S) groups is 1. The minimum atomic E-state index is -2.31. The molecular formula is C53H64N6O8S. The topological polar surface area (TPSA) is 158 Å². The quantitative estimate of drug-likeness (QED) is 0.0672. The largest absolute Gasteiger partial charge is 0.496 e. The third kappa shape index (κ3) is 6.51. The molecule has 4 aromatic rings. The third-order valence-corrected chi connectivity index (χ3v) is 17.3. The van der Waals surface area contributed by atoms with Crippen LogP contribution in [0.4, 0.5) is 11.4 Å². The van der Waals surface area contributed by atoms with Gasteiger partial charge in [0.15, 0.2) is 11.2 Å². The van der Waals surface area contributed by atoms with Crippen molar-refractivity contribution in [3.8, 4) is 5.75 Å². The fourth-order valence-corrected chi connectivity index (χ4v) is 15.0. The van der Waals surface area contributed by atoms with Crippen LogP contribution in [0.2, 0.25) is 0 Å². The maximum absolute atomic E-state index is 15.7. The molecule has 0 radical (unpaired) electrons. The second-order valence-corrected chi connectivity index (χ2v) is 20.6. The van der Waals surface area contributed by atoms with Crippen LogP contribution in [0.15, 0.2) is 78.9 Å². The summed E-state index contributed by atoms with van der Waals surface area (Å²) in [5.74, 6) is -1.46. The number of hydrogen-bond acceptors (Lipinski definition) is 12. The summed E-state index contributed by atoms with van der Waals surface area (Å²) in [5, 5.41) is 22.3. The van der Waals surface area contributed by atoms with Crippen LogP contribution >= 0.6 is 12.2 Å². The number of fused-ring (bicyclic) bond motifs is 6. The molecule has 4 N–H and O–H groups in total. The number of para-hydroxylation sites is 2. The van der Waals surface area contributed by atoms with Crippen molar-refractivity contribution in [2.75, 3.05) is 71.3 Å². The number of anilines is 2. The number of hydrogen-bond donors (Lipinski definition) is 4. The van der Waals surface area contributed by atoms with Gasteiger partial charge in [-0.25, -0.2) is 4.79 Å². The molecule has 3 fully saturated rings. The number of piperidine rings is 1. The van der Waals surface area contributed by atoms with Crippen molar-refractivity contribution < 1.29 is 38.4 Å². The number of carbonyl (C=O) groups excluding carboxylic acids is 3. The molecule has 3 aromatic carbocycles. The van der Waals surface area contributed by atoms with Gasteiger partial charge in [-0.1, -0.05) is 62.4 Å². The Kier molecular flexibility index (Phi) is 11.5. The van der Waals surface area contributed by atoms with Crippen LogP contribution in [0.25, 0.3) is 10.9 Å². The van der Waals surface area contributed by atoms with Gasteiger partial charge in [-0.15, -0.1) is 0 Å². The number of nitrogens with zero attached hydrogens (tertiary/aromatic N) is 3. The predicted molar refractivity (Wildman–Crippen MR) is 264 cm³/mol. The van der Waals surface area contributed by atoms with Crippen molar-refractivity contribution in [1.82, 2.24) is 20.1 Å². The molecule has 68 heavy (non-hydrogen) atoms. The van der Waals surface area contributed by atoms with Gasteiger partial charge in [-0.05, 0) is 98.6 Å². The van der Waals surface area contributed by atoms with Crippen LogP contribution < -0.4 is 20.3 Å². The predicted octanol–water partition coefficient (Wildman–Crippen LogP) is 5.99. The number of methoxy groups -OCH3 is 3. The summed E-state index contributed by atoms with van der Waals surface area (Å²) in [5.41, 5.74) is -0.164. The standard InChI is InChI=1S/C53H64N6O8S/c1-8-49(56-48(68)54-34-16-11-10-12-17-34)28-33-29-52(46(61)65-6,42-36(20-24-58(30-33)31-49)35-18-13-14-19-39(35)55-42)38-26-37-40(27-41(38)64-5)57(4)44-51(37)22-25-59-23-15-21-50(9-2,43(51)59)45(67-32(3)60)53(44,63)47(62)66-7/h10-19,21,26-27,33,43-45,55,63H,8-9,20,22-25,28-31H2,1-7H3,(H2,54,56,68)/t33-,43+,44-,45-,49+,50-,51-,52+,53+/m1/s1. The van der Waals surface area contributed by atoms with E-state index in [0.29, 0.717) is 55.2 Å². The lowest BCUT2D eigenvalue weighted by Gasteiger charge is -2.63. The summed E-state index contributed by atoms with van der Waals surface area (Å²) in [7, 11) is 6.24. The SMILES string of the molecule is CC[C@]1(NC(=S)Nc2ccccc2)C[C@H]2CN(CCc3c([nH]c4ccccc34)[C@@](C(=O)OC)(c3cc4c(cc3OC)N(C)[C@H]3[C@@](O)(C(=O)OC)[C@H](OC(C)=O)[C@]5(CC)C=CCN6CC[C@]43[C@@H]65)C2)C1. The van der Waals surface area contributed by atoms with Crippen LogP contribution in [-0.2, 0) is 45.8 Å². The number of H-pyrrole nitrogens is 1. The first-order chi connectivity index (χ1) is 32.7. The average molecular weight is 945 g/mol. The highest BCUT2D eigenvalue weighted by Gasteiger charge is 2.80. The molecule has 1 aromatic heterocycles. The highest BCUT2D eigenvalue weighted by molar-refractivity contribution is 7.80. The van der Waals surface area contributed by atoms with E-state index in [-0.39, 0.29) is 12.0 Å². The van der Waals surface area contributed by atoms with Gasteiger partial charge in [-0.3, -0.25) is 14.5 Å². The Bertz CT molecular complexity index is 2710. The van der Waals surface area contributed by atoms with Gasteiger partial charge in [0.2, 0.25) is 5.60 Å². The number of likely N-dealkylation sites (N-methyl/N-ethyl adjacent to an activating group) is 1. The van der Waals surface area contributed by atoms with E-state index >= 15 is 4.79 Å². The van der Waals surface area contributed by atoms with Gasteiger partial charge in [0.25, 0.3) is 0 Å². The summed E-state index contributed by atoms with van der Waals surface area (Å²) in [6.07, 6.45) is 6.43. The molecule has 1 saturated carbocycles. The fourth-order valence-electron chi connectivity index (χ4n) is 14.6. The van der Waals surface area contributed by atoms with E-state index in [4.69, 9.17) is 31.2 Å². The van der Waals surface area contributed by atoms with E-state index in [0.717, 1.165) is 71.6 Å². The van der Waals surface area contributed by atoms with Crippen LogP contribution in [0, 0.1) is 11.3 Å². The molecule has 1 aliphatic carbocycles. The Balaban J connectivity index is 1.20. The first-order valence-electron chi connectivity index (χ1n) is 24.1. The van der Waals surface area contributed by atoms with E-state index in [1.54, 1.807) is 7.11 Å². The minimum absolute atomic E-state index is 0.0412.